The molecular formula is C13H21NO3. The molecule has 1 rings (SSSR count). The number of benzene rings is 1. The Morgan fingerprint density at radius 1 is 1.06 bits per heavy atom. The van der Waals surface area contributed by atoms with Crippen LogP contribution in [0, 0.1) is 0 Å². The Labute approximate surface area is 102 Å². The van der Waals surface area contributed by atoms with Crippen molar-refractivity contribution in [3.63, 3.8) is 0 Å². The molecule has 0 unspecified atom stereocenters. The van der Waals surface area contributed by atoms with E-state index in [2.05, 4.69) is 0 Å². The predicted molar refractivity (Wildman–Crippen MR) is 67.0 cm³/mol. The lowest BCUT2D eigenvalue weighted by Gasteiger charge is -2.10. The smallest absolute Gasteiger partial charge is 0.123 e. The number of rotatable bonds is 9. The maximum absolute atomic E-state index is 8.56. The molecule has 0 atom stereocenters. The van der Waals surface area contributed by atoms with Gasteiger partial charge in [0, 0.05) is 38.3 Å². The highest BCUT2D eigenvalue weighted by Crippen LogP contribution is 2.16. The lowest BCUT2D eigenvalue weighted by molar-refractivity contribution is 0.104. The van der Waals surface area contributed by atoms with Crippen LogP contribution in [0.5, 0.6) is 5.75 Å². The van der Waals surface area contributed by atoms with Crippen LogP contribution in [0.4, 0.5) is 0 Å². The Bertz CT molecular complexity index is 304. The van der Waals surface area contributed by atoms with Gasteiger partial charge in [-0.2, -0.15) is 0 Å². The second kappa shape index (κ2) is 8.98. The maximum atomic E-state index is 8.56. The highest BCUT2D eigenvalue weighted by Gasteiger charge is 2.00. The maximum Gasteiger partial charge on any atom is 0.123 e. The fourth-order valence-corrected chi connectivity index (χ4v) is 1.43. The van der Waals surface area contributed by atoms with Gasteiger partial charge in [-0.1, -0.05) is 18.2 Å². The molecule has 1 aromatic rings. The summed E-state index contributed by atoms with van der Waals surface area (Å²) < 4.78 is 10.9. The Hall–Kier alpha value is -1.10. The molecule has 0 spiro atoms. The van der Waals surface area contributed by atoms with Crippen molar-refractivity contribution in [2.24, 2.45) is 5.73 Å². The van der Waals surface area contributed by atoms with E-state index in [1.165, 1.54) is 0 Å². The van der Waals surface area contributed by atoms with Crippen LogP contribution in [0.15, 0.2) is 24.3 Å². The highest BCUT2D eigenvalue weighted by molar-refractivity contribution is 5.32. The van der Waals surface area contributed by atoms with E-state index >= 15 is 0 Å². The monoisotopic (exact) mass is 239 g/mol. The summed E-state index contributed by atoms with van der Waals surface area (Å²) in [4.78, 5) is 0. The Kier molecular flexibility index (Phi) is 7.38. The van der Waals surface area contributed by atoms with Crippen LogP contribution in [0.1, 0.15) is 18.4 Å². The van der Waals surface area contributed by atoms with Gasteiger partial charge in [0.25, 0.3) is 0 Å². The summed E-state index contributed by atoms with van der Waals surface area (Å²) in [5, 5.41) is 8.56. The molecule has 17 heavy (non-hydrogen) atoms. The number of hydrogen-bond donors (Lipinski definition) is 2. The van der Waals surface area contributed by atoms with Gasteiger partial charge in [-0.15, -0.1) is 0 Å². The van der Waals surface area contributed by atoms with E-state index in [0.29, 0.717) is 32.8 Å². The first kappa shape index (κ1) is 14.0. The topological polar surface area (TPSA) is 64.7 Å². The third kappa shape index (κ3) is 5.68. The van der Waals surface area contributed by atoms with Crippen LogP contribution in [-0.4, -0.2) is 31.5 Å². The zero-order valence-electron chi connectivity index (χ0n) is 10.1. The van der Waals surface area contributed by atoms with Gasteiger partial charge in [-0.05, 0) is 12.5 Å². The Balaban J connectivity index is 2.13. The van der Waals surface area contributed by atoms with E-state index in [1.54, 1.807) is 0 Å². The van der Waals surface area contributed by atoms with Crippen molar-refractivity contribution in [1.29, 1.82) is 0 Å². The summed E-state index contributed by atoms with van der Waals surface area (Å²) in [7, 11) is 0. The van der Waals surface area contributed by atoms with Crippen LogP contribution < -0.4 is 10.5 Å². The molecule has 0 amide bonds. The van der Waals surface area contributed by atoms with Gasteiger partial charge >= 0.3 is 0 Å². The van der Waals surface area contributed by atoms with Crippen molar-refractivity contribution < 1.29 is 14.6 Å². The van der Waals surface area contributed by atoms with Crippen molar-refractivity contribution in [2.75, 3.05) is 26.4 Å². The van der Waals surface area contributed by atoms with Crippen LogP contribution in [0.3, 0.4) is 0 Å². The molecule has 4 nitrogen and oxygen atoms in total. The van der Waals surface area contributed by atoms with Gasteiger partial charge in [0.05, 0.1) is 6.61 Å². The van der Waals surface area contributed by atoms with E-state index in [9.17, 15) is 0 Å². The van der Waals surface area contributed by atoms with Gasteiger partial charge < -0.3 is 20.3 Å². The summed E-state index contributed by atoms with van der Waals surface area (Å²) in [5.41, 5.74) is 6.63. The predicted octanol–water partition coefficient (Wildman–Crippen LogP) is 1.31. The van der Waals surface area contributed by atoms with Gasteiger partial charge in [0.2, 0.25) is 0 Å². The number of aliphatic hydroxyl groups excluding tert-OH is 1. The van der Waals surface area contributed by atoms with Crippen LogP contribution >= 0.6 is 0 Å². The normalized spacial score (nSPS) is 10.5. The SMILES string of the molecule is NCc1ccccc1OCCCOCCCO. The van der Waals surface area contributed by atoms with Crippen LogP contribution in [0.2, 0.25) is 0 Å². The molecule has 0 radical (unpaired) electrons. The molecular weight excluding hydrogens is 218 g/mol. The summed E-state index contributed by atoms with van der Waals surface area (Å²) in [5.74, 6) is 0.852. The van der Waals surface area contributed by atoms with Gasteiger partial charge in [-0.3, -0.25) is 0 Å². The minimum absolute atomic E-state index is 0.181. The summed E-state index contributed by atoms with van der Waals surface area (Å²) >= 11 is 0. The number of nitrogens with two attached hydrogens (primary N) is 1. The molecule has 1 aromatic carbocycles. The summed E-state index contributed by atoms with van der Waals surface area (Å²) in [6.07, 6.45) is 1.53. The van der Waals surface area contributed by atoms with Gasteiger partial charge in [-0.25, -0.2) is 0 Å². The number of ether oxygens (including phenoxy) is 2. The summed E-state index contributed by atoms with van der Waals surface area (Å²) in [6.45, 7) is 2.56. The van der Waals surface area contributed by atoms with E-state index in [4.69, 9.17) is 20.3 Å². The van der Waals surface area contributed by atoms with E-state index in [0.717, 1.165) is 17.7 Å². The molecule has 0 aromatic heterocycles. The molecule has 0 aliphatic rings. The second-order valence-electron chi connectivity index (χ2n) is 3.70. The van der Waals surface area contributed by atoms with Crippen molar-refractivity contribution in [1.82, 2.24) is 0 Å². The molecule has 96 valence electrons. The number of hydrogen-bond acceptors (Lipinski definition) is 4. The Morgan fingerprint density at radius 3 is 2.59 bits per heavy atom. The lowest BCUT2D eigenvalue weighted by Crippen LogP contribution is -2.07. The average molecular weight is 239 g/mol. The molecule has 0 bridgehead atoms. The lowest BCUT2D eigenvalue weighted by atomic mass is 10.2. The average Bonchev–Trinajstić information content (AvgIpc) is 2.38. The summed E-state index contributed by atoms with van der Waals surface area (Å²) in [6, 6.07) is 7.78. The van der Waals surface area contributed by atoms with Crippen LogP contribution in [-0.2, 0) is 11.3 Å². The molecule has 0 aliphatic carbocycles. The zero-order valence-corrected chi connectivity index (χ0v) is 10.1. The van der Waals surface area contributed by atoms with Gasteiger partial charge in [0.1, 0.15) is 5.75 Å². The van der Waals surface area contributed by atoms with E-state index < -0.39 is 0 Å². The van der Waals surface area contributed by atoms with Crippen LogP contribution in [0.25, 0.3) is 0 Å². The number of para-hydroxylation sites is 1. The Morgan fingerprint density at radius 2 is 1.82 bits per heavy atom. The van der Waals surface area contributed by atoms with E-state index in [-0.39, 0.29) is 6.61 Å². The fourth-order valence-electron chi connectivity index (χ4n) is 1.43. The first-order chi connectivity index (χ1) is 8.38. The number of aliphatic hydroxyl groups is 1. The molecule has 0 fully saturated rings. The van der Waals surface area contributed by atoms with Crippen molar-refractivity contribution in [3.8, 4) is 5.75 Å². The molecule has 4 heteroatoms. The van der Waals surface area contributed by atoms with Crippen molar-refractivity contribution >= 4 is 0 Å². The van der Waals surface area contributed by atoms with Crippen molar-refractivity contribution in [3.05, 3.63) is 29.8 Å². The standard InChI is InChI=1S/C13H21NO3/c14-11-12-5-1-2-6-13(12)17-10-4-9-16-8-3-7-15/h1-2,5-6,15H,3-4,7-11,14H2. The molecule has 3 N–H and O–H groups in total. The van der Waals surface area contributed by atoms with Crippen molar-refractivity contribution in [2.45, 2.75) is 19.4 Å². The minimum atomic E-state index is 0.181. The molecule has 0 saturated heterocycles. The third-order valence-electron chi connectivity index (χ3n) is 2.33. The minimum Gasteiger partial charge on any atom is -0.493 e. The highest BCUT2D eigenvalue weighted by atomic mass is 16.5. The molecule has 0 saturated carbocycles. The fraction of sp³-hybridized carbons (Fsp3) is 0.538. The second-order valence-corrected chi connectivity index (χ2v) is 3.70. The largest absolute Gasteiger partial charge is 0.493 e. The first-order valence-corrected chi connectivity index (χ1v) is 5.98. The quantitative estimate of drug-likeness (QED) is 0.638. The molecule has 0 heterocycles. The van der Waals surface area contributed by atoms with Gasteiger partial charge in [0.15, 0.2) is 0 Å². The first-order valence-electron chi connectivity index (χ1n) is 5.98. The molecule has 0 aliphatic heterocycles. The third-order valence-corrected chi connectivity index (χ3v) is 2.33. The van der Waals surface area contributed by atoms with E-state index in [1.807, 2.05) is 24.3 Å². The zero-order chi connectivity index (χ0) is 12.3.